The first kappa shape index (κ1) is 16.4. The molecule has 2 saturated carbocycles. The molecule has 0 radical (unpaired) electrons. The van der Waals surface area contributed by atoms with Crippen molar-refractivity contribution in [1.29, 1.82) is 0 Å². The monoisotopic (exact) mass is 349 g/mol. The van der Waals surface area contributed by atoms with E-state index < -0.39 is 23.6 Å². The maximum atomic E-state index is 13.0. The zero-order chi connectivity index (χ0) is 18.1. The minimum Gasteiger partial charge on any atom is -0.274 e. The first-order valence-corrected chi connectivity index (χ1v) is 8.44. The maximum absolute atomic E-state index is 13.0. The van der Waals surface area contributed by atoms with E-state index in [0.29, 0.717) is 0 Å². The lowest BCUT2D eigenvalue weighted by atomic mass is 9.81. The fourth-order valence-electron chi connectivity index (χ4n) is 5.07. The van der Waals surface area contributed by atoms with E-state index in [4.69, 9.17) is 0 Å². The van der Waals surface area contributed by atoms with Gasteiger partial charge < -0.3 is 0 Å². The normalized spacial score (nSPS) is 31.1. The zero-order valence-electron chi connectivity index (χ0n) is 13.9. The Morgan fingerprint density at radius 3 is 2.08 bits per heavy atom. The minimum absolute atomic E-state index is 0.0253. The highest BCUT2D eigenvalue weighted by molar-refractivity contribution is 6.23. The third kappa shape index (κ3) is 2.19. The van der Waals surface area contributed by atoms with Gasteiger partial charge in [-0.25, -0.2) is 0 Å². The Kier molecular flexibility index (Phi) is 3.40. The summed E-state index contributed by atoms with van der Waals surface area (Å²) < 4.78 is 38.9. The van der Waals surface area contributed by atoms with Crippen LogP contribution in [0.5, 0.6) is 0 Å². The van der Waals surface area contributed by atoms with Gasteiger partial charge in [-0.2, -0.15) is 13.2 Å². The molecule has 1 heterocycles. The van der Waals surface area contributed by atoms with Crippen molar-refractivity contribution in [3.05, 3.63) is 41.0 Å². The van der Waals surface area contributed by atoms with Crippen LogP contribution in [-0.2, 0) is 15.8 Å². The summed E-state index contributed by atoms with van der Waals surface area (Å²) in [6, 6.07) is 4.47. The molecule has 25 heavy (non-hydrogen) atoms. The number of benzene rings is 1. The highest BCUT2D eigenvalue weighted by Gasteiger charge is 2.63. The van der Waals surface area contributed by atoms with Gasteiger partial charge in [-0.3, -0.25) is 14.5 Å². The van der Waals surface area contributed by atoms with Crippen LogP contribution in [0, 0.1) is 23.7 Å². The number of carbonyl (C=O) groups excluding carboxylic acids is 2. The lowest BCUT2D eigenvalue weighted by Gasteiger charge is -2.20. The Labute approximate surface area is 143 Å². The van der Waals surface area contributed by atoms with Crippen LogP contribution in [-0.4, -0.2) is 11.8 Å². The molecule has 3 nitrogen and oxygen atoms in total. The Balaban J connectivity index is 1.74. The third-order valence-electron chi connectivity index (χ3n) is 5.86. The minimum atomic E-state index is -4.51. The molecular formula is C19H18F3NO2. The van der Waals surface area contributed by atoms with Crippen LogP contribution < -0.4 is 4.90 Å². The number of fused-ring (bicyclic) bond motifs is 5. The van der Waals surface area contributed by atoms with Gasteiger partial charge in [-0.15, -0.1) is 0 Å². The molecular weight excluding hydrogens is 331 g/mol. The highest BCUT2D eigenvalue weighted by atomic mass is 19.4. The summed E-state index contributed by atoms with van der Waals surface area (Å²) in [5.74, 6) is -1.39. The van der Waals surface area contributed by atoms with E-state index in [0.717, 1.165) is 35.4 Å². The van der Waals surface area contributed by atoms with Crippen molar-refractivity contribution < 1.29 is 22.8 Å². The zero-order valence-corrected chi connectivity index (χ0v) is 13.9. The van der Waals surface area contributed by atoms with Crippen LogP contribution in [0.4, 0.5) is 18.9 Å². The molecule has 4 rings (SSSR count). The predicted molar refractivity (Wildman–Crippen MR) is 85.5 cm³/mol. The lowest BCUT2D eigenvalue weighted by molar-refractivity contribution is -0.137. The van der Waals surface area contributed by atoms with Crippen LogP contribution in [0.25, 0.3) is 0 Å². The second kappa shape index (κ2) is 5.19. The first-order valence-electron chi connectivity index (χ1n) is 8.44. The summed E-state index contributed by atoms with van der Waals surface area (Å²) in [4.78, 5) is 26.8. The number of halogens is 3. The average Bonchev–Trinajstić information content (AvgIpc) is 3.17. The van der Waals surface area contributed by atoms with Crippen molar-refractivity contribution in [2.24, 2.45) is 23.7 Å². The van der Waals surface area contributed by atoms with Crippen LogP contribution >= 0.6 is 0 Å². The van der Waals surface area contributed by atoms with Crippen LogP contribution in [0.2, 0.25) is 0 Å². The van der Waals surface area contributed by atoms with E-state index in [-0.39, 0.29) is 29.3 Å². The van der Waals surface area contributed by atoms with Crippen molar-refractivity contribution in [2.75, 3.05) is 4.90 Å². The number of alkyl halides is 3. The molecule has 0 spiro atoms. The third-order valence-corrected chi connectivity index (χ3v) is 5.86. The van der Waals surface area contributed by atoms with Gasteiger partial charge in [0.1, 0.15) is 0 Å². The van der Waals surface area contributed by atoms with Gasteiger partial charge in [0, 0.05) is 0 Å². The van der Waals surface area contributed by atoms with Crippen molar-refractivity contribution in [2.45, 2.75) is 32.9 Å². The quantitative estimate of drug-likeness (QED) is 0.563. The fourth-order valence-corrected chi connectivity index (χ4v) is 5.07. The second-order valence-corrected chi connectivity index (χ2v) is 7.36. The molecule has 0 aromatic heterocycles. The number of rotatable bonds is 1. The summed E-state index contributed by atoms with van der Waals surface area (Å²) in [7, 11) is 0. The molecule has 1 aromatic carbocycles. The summed E-state index contributed by atoms with van der Waals surface area (Å²) in [6.45, 7) is 4.00. The Hall–Kier alpha value is -2.11. The van der Waals surface area contributed by atoms with E-state index >= 15 is 0 Å². The summed E-state index contributed by atoms with van der Waals surface area (Å²) >= 11 is 0. The van der Waals surface area contributed by atoms with Gasteiger partial charge in [0.2, 0.25) is 11.8 Å². The van der Waals surface area contributed by atoms with Gasteiger partial charge in [0.15, 0.2) is 0 Å². The number of allylic oxidation sites excluding steroid dienone is 2. The number of carbonyl (C=O) groups is 2. The van der Waals surface area contributed by atoms with Crippen LogP contribution in [0.1, 0.15) is 32.3 Å². The van der Waals surface area contributed by atoms with E-state index in [2.05, 4.69) is 0 Å². The number of amides is 2. The largest absolute Gasteiger partial charge is 0.416 e. The Bertz CT molecular complexity index is 775. The SMILES string of the molecule is CC(C)=C1C2CCC1C1C(=O)N(c3cccc(C(F)(F)F)c3)C(=O)C21. The van der Waals surface area contributed by atoms with Crippen LogP contribution in [0.15, 0.2) is 35.4 Å². The molecule has 3 fully saturated rings. The topological polar surface area (TPSA) is 37.4 Å². The van der Waals surface area contributed by atoms with Gasteiger partial charge in [0.25, 0.3) is 0 Å². The molecule has 1 saturated heterocycles. The van der Waals surface area contributed by atoms with Crippen molar-refractivity contribution in [3.8, 4) is 0 Å². The highest BCUT2D eigenvalue weighted by Crippen LogP contribution is 2.60. The fraction of sp³-hybridized carbons (Fsp3) is 0.474. The van der Waals surface area contributed by atoms with Gasteiger partial charge in [-0.05, 0) is 56.7 Å². The van der Waals surface area contributed by atoms with Gasteiger partial charge in [-0.1, -0.05) is 17.2 Å². The summed E-state index contributed by atoms with van der Waals surface area (Å²) in [6.07, 6.45) is -2.75. The van der Waals surface area contributed by atoms with Gasteiger partial charge in [0.05, 0.1) is 23.1 Å². The lowest BCUT2D eigenvalue weighted by Crippen LogP contribution is -2.33. The van der Waals surface area contributed by atoms with E-state index in [1.165, 1.54) is 17.7 Å². The molecule has 6 heteroatoms. The molecule has 4 unspecified atom stereocenters. The molecule has 0 N–H and O–H groups in total. The van der Waals surface area contributed by atoms with E-state index in [1.54, 1.807) is 0 Å². The number of nitrogens with zero attached hydrogens (tertiary/aromatic N) is 1. The molecule has 2 aliphatic carbocycles. The van der Waals surface area contributed by atoms with E-state index in [9.17, 15) is 22.8 Å². The smallest absolute Gasteiger partial charge is 0.274 e. The first-order chi connectivity index (χ1) is 11.7. The summed E-state index contributed by atoms with van der Waals surface area (Å²) in [5, 5.41) is 0. The van der Waals surface area contributed by atoms with Crippen molar-refractivity contribution >= 4 is 17.5 Å². The van der Waals surface area contributed by atoms with Crippen LogP contribution in [0.3, 0.4) is 0 Å². The molecule has 1 aromatic rings. The van der Waals surface area contributed by atoms with Gasteiger partial charge >= 0.3 is 6.18 Å². The van der Waals surface area contributed by atoms with Crippen molar-refractivity contribution in [3.63, 3.8) is 0 Å². The molecule has 2 amide bonds. The maximum Gasteiger partial charge on any atom is 0.416 e. The molecule has 132 valence electrons. The number of anilines is 1. The van der Waals surface area contributed by atoms with E-state index in [1.807, 2.05) is 13.8 Å². The Morgan fingerprint density at radius 2 is 1.60 bits per heavy atom. The average molecular weight is 349 g/mol. The summed E-state index contributed by atoms with van der Waals surface area (Å²) in [5.41, 5.74) is 1.56. The standard InChI is InChI=1S/C19H18F3NO2/c1-9(2)14-12-6-7-13(14)16-15(12)17(24)23(18(16)25)11-5-3-4-10(8-11)19(20,21)22/h3-5,8,12-13,15-16H,6-7H2,1-2H3. The molecule has 3 aliphatic rings. The molecule has 1 aliphatic heterocycles. The van der Waals surface area contributed by atoms with Crippen molar-refractivity contribution in [1.82, 2.24) is 0 Å². The second-order valence-electron chi connectivity index (χ2n) is 7.36. The molecule has 4 atom stereocenters. The number of hydrogen-bond donors (Lipinski definition) is 0. The Morgan fingerprint density at radius 1 is 1.04 bits per heavy atom. The number of imide groups is 1. The predicted octanol–water partition coefficient (Wildman–Crippen LogP) is 4.19. The molecule has 2 bridgehead atoms. The number of hydrogen-bond acceptors (Lipinski definition) is 2.